The van der Waals surface area contributed by atoms with Gasteiger partial charge in [0.2, 0.25) is 0 Å². The lowest BCUT2D eigenvalue weighted by molar-refractivity contribution is -0.144. The number of ether oxygens (including phenoxy) is 1. The molecule has 0 fully saturated rings. The van der Waals surface area contributed by atoms with E-state index < -0.39 is 0 Å². The van der Waals surface area contributed by atoms with Crippen molar-refractivity contribution in [1.29, 1.82) is 0 Å². The standard InChI is InChI=1S/C25H31N3O3S/c1-3-5-11-19(4-2)18-30-23(29)16-17-32-22-15-10-9-14-21(22)24-27-28-25(31-24)26-20-12-7-6-8-13-20/h6-10,12-15,19H,3-5,11,16-18H2,1-2H3,(H,26,28). The Balaban J connectivity index is 1.52. The number of hydrogen-bond acceptors (Lipinski definition) is 7. The van der Waals surface area contributed by atoms with E-state index in [1.165, 1.54) is 12.8 Å². The van der Waals surface area contributed by atoms with Crippen LogP contribution in [-0.2, 0) is 9.53 Å². The zero-order valence-electron chi connectivity index (χ0n) is 18.8. The van der Waals surface area contributed by atoms with Gasteiger partial charge in [-0.1, -0.05) is 68.5 Å². The highest BCUT2D eigenvalue weighted by molar-refractivity contribution is 7.99. The molecule has 0 aliphatic carbocycles. The molecule has 1 atom stereocenters. The summed E-state index contributed by atoms with van der Waals surface area (Å²) in [5, 5.41) is 11.4. The number of thioether (sulfide) groups is 1. The summed E-state index contributed by atoms with van der Waals surface area (Å²) < 4.78 is 11.3. The number of anilines is 2. The van der Waals surface area contributed by atoms with Crippen LogP contribution in [0.1, 0.15) is 46.0 Å². The quantitative estimate of drug-likeness (QED) is 0.227. The molecule has 1 unspecified atom stereocenters. The summed E-state index contributed by atoms with van der Waals surface area (Å²) in [6.07, 6.45) is 4.88. The number of benzene rings is 2. The molecular formula is C25H31N3O3S. The van der Waals surface area contributed by atoms with Gasteiger partial charge < -0.3 is 14.5 Å². The molecule has 6 nitrogen and oxygen atoms in total. The number of nitrogens with one attached hydrogen (secondary N) is 1. The lowest BCUT2D eigenvalue weighted by Crippen LogP contribution is -2.14. The van der Waals surface area contributed by atoms with E-state index in [2.05, 4.69) is 29.4 Å². The zero-order chi connectivity index (χ0) is 22.6. The Morgan fingerprint density at radius 3 is 2.66 bits per heavy atom. The van der Waals surface area contributed by atoms with Gasteiger partial charge >= 0.3 is 12.0 Å². The first kappa shape index (κ1) is 23.9. The van der Waals surface area contributed by atoms with Gasteiger partial charge in [0, 0.05) is 16.3 Å². The second kappa shape index (κ2) is 12.9. The Morgan fingerprint density at radius 1 is 1.09 bits per heavy atom. The van der Waals surface area contributed by atoms with Crippen molar-refractivity contribution in [3.8, 4) is 11.5 Å². The van der Waals surface area contributed by atoms with E-state index in [4.69, 9.17) is 9.15 Å². The minimum atomic E-state index is -0.142. The minimum absolute atomic E-state index is 0.142. The smallest absolute Gasteiger partial charge is 0.320 e. The largest absolute Gasteiger partial charge is 0.465 e. The predicted octanol–water partition coefficient (Wildman–Crippen LogP) is 6.72. The van der Waals surface area contributed by atoms with Crippen molar-refractivity contribution in [2.45, 2.75) is 50.8 Å². The molecule has 3 rings (SSSR count). The van der Waals surface area contributed by atoms with E-state index in [-0.39, 0.29) is 5.97 Å². The Labute approximate surface area is 194 Å². The molecule has 1 aromatic heterocycles. The first-order valence-corrected chi connectivity index (χ1v) is 12.2. The fraction of sp³-hybridized carbons (Fsp3) is 0.400. The van der Waals surface area contributed by atoms with Gasteiger partial charge in [-0.2, -0.15) is 0 Å². The number of rotatable bonds is 13. The Hall–Kier alpha value is -2.80. The van der Waals surface area contributed by atoms with Gasteiger partial charge in [-0.3, -0.25) is 4.79 Å². The Bertz CT molecular complexity index is 962. The van der Waals surface area contributed by atoms with Crippen LogP contribution in [-0.4, -0.2) is 28.5 Å². The van der Waals surface area contributed by atoms with Gasteiger partial charge in [-0.25, -0.2) is 0 Å². The third-order valence-electron chi connectivity index (χ3n) is 5.15. The predicted molar refractivity (Wildman–Crippen MR) is 129 cm³/mol. The molecule has 1 N–H and O–H groups in total. The molecule has 0 radical (unpaired) electrons. The molecule has 2 aromatic carbocycles. The van der Waals surface area contributed by atoms with Gasteiger partial charge in [-0.15, -0.1) is 16.9 Å². The van der Waals surface area contributed by atoms with Crippen LogP contribution in [0.2, 0.25) is 0 Å². The maximum atomic E-state index is 12.2. The van der Waals surface area contributed by atoms with Gasteiger partial charge in [0.15, 0.2) is 0 Å². The molecular weight excluding hydrogens is 422 g/mol. The average Bonchev–Trinajstić information content (AvgIpc) is 3.28. The van der Waals surface area contributed by atoms with Crippen molar-refractivity contribution < 1.29 is 13.9 Å². The third kappa shape index (κ3) is 7.41. The van der Waals surface area contributed by atoms with Crippen molar-refractivity contribution in [3.63, 3.8) is 0 Å². The van der Waals surface area contributed by atoms with Gasteiger partial charge in [0.05, 0.1) is 18.6 Å². The van der Waals surface area contributed by atoms with E-state index in [0.29, 0.717) is 36.6 Å². The average molecular weight is 454 g/mol. The van der Waals surface area contributed by atoms with E-state index in [1.807, 2.05) is 54.6 Å². The summed E-state index contributed by atoms with van der Waals surface area (Å²) in [5.41, 5.74) is 1.73. The van der Waals surface area contributed by atoms with Crippen LogP contribution in [0.3, 0.4) is 0 Å². The number of para-hydroxylation sites is 1. The van der Waals surface area contributed by atoms with Crippen LogP contribution in [0, 0.1) is 5.92 Å². The highest BCUT2D eigenvalue weighted by Gasteiger charge is 2.14. The second-order valence-electron chi connectivity index (χ2n) is 7.60. The second-order valence-corrected chi connectivity index (χ2v) is 8.73. The lowest BCUT2D eigenvalue weighted by Gasteiger charge is -2.14. The number of unbranched alkanes of at least 4 members (excludes halogenated alkanes) is 1. The number of aromatic nitrogens is 2. The van der Waals surface area contributed by atoms with Crippen molar-refractivity contribution in [2.24, 2.45) is 5.92 Å². The molecule has 7 heteroatoms. The molecule has 0 amide bonds. The highest BCUT2D eigenvalue weighted by atomic mass is 32.2. The SMILES string of the molecule is CCCCC(CC)COC(=O)CCSc1ccccc1-c1nnc(Nc2ccccc2)o1. The number of carbonyl (C=O) groups is 1. The topological polar surface area (TPSA) is 77.2 Å². The summed E-state index contributed by atoms with van der Waals surface area (Å²) in [4.78, 5) is 13.2. The van der Waals surface area contributed by atoms with E-state index >= 15 is 0 Å². The van der Waals surface area contributed by atoms with Crippen LogP contribution in [0.25, 0.3) is 11.5 Å². The molecule has 3 aromatic rings. The number of hydrogen-bond donors (Lipinski definition) is 1. The van der Waals surface area contributed by atoms with Crippen molar-refractivity contribution in [2.75, 3.05) is 17.7 Å². The third-order valence-corrected chi connectivity index (χ3v) is 6.23. The highest BCUT2D eigenvalue weighted by Crippen LogP contribution is 2.32. The molecule has 1 heterocycles. The Kier molecular flexibility index (Phi) is 9.62. The Morgan fingerprint density at radius 2 is 1.88 bits per heavy atom. The van der Waals surface area contributed by atoms with Gasteiger partial charge in [0.25, 0.3) is 5.89 Å². The summed E-state index contributed by atoms with van der Waals surface area (Å²) in [5.74, 6) is 1.39. The number of carbonyl (C=O) groups excluding carboxylic acids is 1. The van der Waals surface area contributed by atoms with Crippen LogP contribution < -0.4 is 5.32 Å². The van der Waals surface area contributed by atoms with Crippen molar-refractivity contribution in [1.82, 2.24) is 10.2 Å². The van der Waals surface area contributed by atoms with Gasteiger partial charge in [0.1, 0.15) is 0 Å². The van der Waals surface area contributed by atoms with Crippen LogP contribution in [0.15, 0.2) is 63.9 Å². The van der Waals surface area contributed by atoms with Crippen molar-refractivity contribution in [3.05, 3.63) is 54.6 Å². The molecule has 0 saturated carbocycles. The molecule has 0 bridgehead atoms. The summed E-state index contributed by atoms with van der Waals surface area (Å²) in [6.45, 7) is 4.86. The maximum absolute atomic E-state index is 12.2. The first-order chi connectivity index (χ1) is 15.7. The fourth-order valence-electron chi connectivity index (χ4n) is 3.22. The maximum Gasteiger partial charge on any atom is 0.320 e. The number of esters is 1. The van der Waals surface area contributed by atoms with Gasteiger partial charge in [-0.05, 0) is 36.6 Å². The summed E-state index contributed by atoms with van der Waals surface area (Å²) in [6, 6.07) is 17.8. The molecule has 0 spiro atoms. The fourth-order valence-corrected chi connectivity index (χ4v) is 4.20. The van der Waals surface area contributed by atoms with E-state index in [1.54, 1.807) is 11.8 Å². The molecule has 32 heavy (non-hydrogen) atoms. The number of nitrogens with zero attached hydrogens (tertiary/aromatic N) is 2. The minimum Gasteiger partial charge on any atom is -0.465 e. The summed E-state index contributed by atoms with van der Waals surface area (Å²) in [7, 11) is 0. The van der Waals surface area contributed by atoms with Crippen LogP contribution >= 0.6 is 11.8 Å². The van der Waals surface area contributed by atoms with E-state index in [0.717, 1.165) is 29.0 Å². The normalized spacial score (nSPS) is 11.8. The molecule has 170 valence electrons. The first-order valence-electron chi connectivity index (χ1n) is 11.2. The molecule has 0 aliphatic rings. The summed E-state index contributed by atoms with van der Waals surface area (Å²) >= 11 is 1.59. The molecule has 0 saturated heterocycles. The van der Waals surface area contributed by atoms with Crippen LogP contribution in [0.5, 0.6) is 0 Å². The molecule has 0 aliphatic heterocycles. The monoisotopic (exact) mass is 453 g/mol. The van der Waals surface area contributed by atoms with Crippen molar-refractivity contribution >= 4 is 29.4 Å². The zero-order valence-corrected chi connectivity index (χ0v) is 19.6. The lowest BCUT2D eigenvalue weighted by atomic mass is 10.0. The van der Waals surface area contributed by atoms with E-state index in [9.17, 15) is 4.79 Å². The van der Waals surface area contributed by atoms with Crippen LogP contribution in [0.4, 0.5) is 11.7 Å².